The Labute approximate surface area is 487 Å². The van der Waals surface area contributed by atoms with Gasteiger partial charge in [-0.3, -0.25) is 19.2 Å². The van der Waals surface area contributed by atoms with Crippen LogP contribution in [0.15, 0.2) is 244 Å². The van der Waals surface area contributed by atoms with Gasteiger partial charge < -0.3 is 0 Å². The monoisotopic (exact) mass is 1090 g/mol. The lowest BCUT2D eigenvalue weighted by Crippen LogP contribution is -2.24. The molecule has 17 rings (SSSR count). The van der Waals surface area contributed by atoms with Crippen LogP contribution in [-0.4, -0.2) is 9.13 Å². The molecule has 85 heavy (non-hydrogen) atoms. The molecule has 13 aromatic carbocycles. The van der Waals surface area contributed by atoms with Crippen molar-refractivity contribution < 1.29 is 0 Å². The standard InChI is InChI=1S/C79H50N2O4/c1-42-44(3)70(63-38-39-64-60-27-14-17-46-16-13-26-59(71(46)60)61-28-15-29-62(63)73(61)64)45(4)43(2)69(42)47-30-34-49(35-31-47)80-76(82)65-40-67-68(41-66(65)77(80)83)79(85)81(78(67)84)50-36-32-48(33-37-50)72(74-55-22-9-5-18-51(55)52-19-6-10-23-56(52)74)75-57-24-11-7-20-53(57)54-21-8-12-25-58(54)75/h5-41,74H,1-4H3. The van der Waals surface area contributed by atoms with Crippen molar-refractivity contribution in [3.63, 3.8) is 0 Å². The van der Waals surface area contributed by atoms with Crippen LogP contribution < -0.4 is 22.2 Å². The second-order valence-corrected chi connectivity index (χ2v) is 23.3. The van der Waals surface area contributed by atoms with Crippen LogP contribution in [0.1, 0.15) is 56.0 Å². The first kappa shape index (κ1) is 48.8. The molecule has 0 saturated carbocycles. The largest absolute Gasteiger partial charge is 0.268 e. The maximum atomic E-state index is 14.6. The van der Waals surface area contributed by atoms with Crippen molar-refractivity contribution in [3.05, 3.63) is 316 Å². The van der Waals surface area contributed by atoms with E-state index >= 15 is 0 Å². The molecule has 0 radical (unpaired) electrons. The summed E-state index contributed by atoms with van der Waals surface area (Å²) < 4.78 is 2.31. The van der Waals surface area contributed by atoms with E-state index in [4.69, 9.17) is 0 Å². The first-order valence-corrected chi connectivity index (χ1v) is 29.0. The highest BCUT2D eigenvalue weighted by Crippen LogP contribution is 2.57. The molecule has 0 atom stereocenters. The average molecular weight is 1090 g/mol. The highest BCUT2D eigenvalue weighted by atomic mass is 16.2. The van der Waals surface area contributed by atoms with E-state index in [1.807, 2.05) is 48.5 Å². The number of rotatable bonds is 6. The van der Waals surface area contributed by atoms with E-state index in [0.717, 1.165) is 59.2 Å². The molecule has 400 valence electrons. The minimum atomic E-state index is -0.551. The molecular weight excluding hydrogens is 1040 g/mol. The predicted molar refractivity (Wildman–Crippen MR) is 350 cm³/mol. The van der Waals surface area contributed by atoms with E-state index in [9.17, 15) is 19.2 Å². The Bertz CT molecular complexity index is 5480. The zero-order valence-electron chi connectivity index (χ0n) is 47.0. The molecule has 2 heterocycles. The first-order chi connectivity index (χ1) is 41.5. The summed E-state index contributed by atoms with van der Waals surface area (Å²) in [5.74, 6) is -0.110. The molecule has 15 aromatic rings. The summed E-state index contributed by atoms with van der Waals surface area (Å²) in [5, 5.41) is 10.4. The van der Waals surface area contributed by atoms with E-state index in [2.05, 4.69) is 191 Å². The zero-order valence-corrected chi connectivity index (χ0v) is 47.0. The lowest BCUT2D eigenvalue weighted by Gasteiger charge is -2.23. The molecule has 0 N–H and O–H groups in total. The maximum Gasteiger partial charge on any atom is 0.266 e. The lowest BCUT2D eigenvalue weighted by molar-refractivity contribution is 0.987. The predicted octanol–water partition coefficient (Wildman–Crippen LogP) is 17.3. The molecule has 0 amide bonds. The van der Waals surface area contributed by atoms with Gasteiger partial charge in [-0.15, -0.1) is 0 Å². The average Bonchev–Trinajstić information content (AvgIpc) is 1.78. The SMILES string of the molecule is Cc1c(C)c(-c2ccc3c4cccc5cccc(c6cccc2c63)c54)c(C)c(C)c1-c1ccc(-n2c(=O)c3cc4c(=O)n(-c5ccc(C(=C6c7ccccc7-c7ccccc76)C6c7ccccc7-c7ccccc76)cc5)c(=O)c4cc3c2=O)cc1. The molecule has 0 saturated heterocycles. The van der Waals surface area contributed by atoms with Gasteiger partial charge in [0.15, 0.2) is 0 Å². The smallest absolute Gasteiger partial charge is 0.266 e. The van der Waals surface area contributed by atoms with Crippen LogP contribution in [0.2, 0.25) is 0 Å². The summed E-state index contributed by atoms with van der Waals surface area (Å²) in [7, 11) is 0. The molecule has 2 aromatic heterocycles. The Balaban J connectivity index is 0.731. The van der Waals surface area contributed by atoms with Gasteiger partial charge in [-0.05, 0) is 213 Å². The molecule has 6 nitrogen and oxygen atoms in total. The third-order valence-corrected chi connectivity index (χ3v) is 19.2. The Morgan fingerprint density at radius 3 is 1.22 bits per heavy atom. The van der Waals surface area contributed by atoms with Crippen LogP contribution >= 0.6 is 0 Å². The molecule has 0 unspecified atom stereocenters. The third kappa shape index (κ3) is 6.65. The first-order valence-electron chi connectivity index (χ1n) is 29.0. The van der Waals surface area contributed by atoms with Crippen LogP contribution in [-0.2, 0) is 0 Å². The highest BCUT2D eigenvalue weighted by molar-refractivity contribution is 6.34. The fraction of sp³-hybridized carbons (Fsp3) is 0.0633. The number of benzene rings is 13. The van der Waals surface area contributed by atoms with Crippen molar-refractivity contribution in [1.82, 2.24) is 9.13 Å². The number of fused-ring (bicyclic) bond motifs is 10. The second-order valence-electron chi connectivity index (χ2n) is 23.3. The van der Waals surface area contributed by atoms with Gasteiger partial charge in [-0.1, -0.05) is 188 Å². The van der Waals surface area contributed by atoms with Gasteiger partial charge in [0.1, 0.15) is 0 Å². The van der Waals surface area contributed by atoms with Gasteiger partial charge in [0.05, 0.1) is 32.9 Å². The summed E-state index contributed by atoms with van der Waals surface area (Å²) in [6.07, 6.45) is 0. The van der Waals surface area contributed by atoms with Gasteiger partial charge in [-0.2, -0.15) is 0 Å². The van der Waals surface area contributed by atoms with E-state index in [1.165, 1.54) is 111 Å². The minimum Gasteiger partial charge on any atom is -0.268 e. The maximum absolute atomic E-state index is 14.6. The Kier molecular flexibility index (Phi) is 10.3. The molecule has 2 aliphatic rings. The van der Waals surface area contributed by atoms with Gasteiger partial charge in [-0.25, -0.2) is 9.13 Å². The van der Waals surface area contributed by atoms with Crippen LogP contribution in [0.3, 0.4) is 0 Å². The van der Waals surface area contributed by atoms with Crippen LogP contribution in [0.4, 0.5) is 0 Å². The van der Waals surface area contributed by atoms with Crippen LogP contribution in [0, 0.1) is 27.7 Å². The summed E-state index contributed by atoms with van der Waals surface area (Å²) in [5.41, 5.74) is 20.5. The quantitative estimate of drug-likeness (QED) is 0.123. The third-order valence-electron chi connectivity index (χ3n) is 19.2. The number of aromatic nitrogens is 2. The summed E-state index contributed by atoms with van der Waals surface area (Å²) in [6, 6.07) is 77.0. The fourth-order valence-corrected chi connectivity index (χ4v) is 15.3. The van der Waals surface area contributed by atoms with Crippen molar-refractivity contribution in [2.24, 2.45) is 0 Å². The fourth-order valence-electron chi connectivity index (χ4n) is 15.3. The van der Waals surface area contributed by atoms with Crippen molar-refractivity contribution in [2.45, 2.75) is 33.6 Å². The molecule has 0 bridgehead atoms. The number of hydrogen-bond acceptors (Lipinski definition) is 4. The Hall–Kier alpha value is -10.8. The molecule has 0 spiro atoms. The summed E-state index contributed by atoms with van der Waals surface area (Å²) in [6.45, 7) is 8.77. The number of allylic oxidation sites excluding steroid dienone is 1. The van der Waals surface area contributed by atoms with Crippen molar-refractivity contribution in [3.8, 4) is 55.9 Å². The molecule has 0 fully saturated rings. The lowest BCUT2D eigenvalue weighted by atomic mass is 9.80. The zero-order chi connectivity index (χ0) is 57.3. The van der Waals surface area contributed by atoms with E-state index in [0.29, 0.717) is 11.4 Å². The highest BCUT2D eigenvalue weighted by Gasteiger charge is 2.37. The summed E-state index contributed by atoms with van der Waals surface area (Å²) in [4.78, 5) is 58.0. The van der Waals surface area contributed by atoms with Crippen molar-refractivity contribution in [1.29, 1.82) is 0 Å². The summed E-state index contributed by atoms with van der Waals surface area (Å²) >= 11 is 0. The van der Waals surface area contributed by atoms with Crippen LogP contribution in [0.25, 0.3) is 132 Å². The van der Waals surface area contributed by atoms with Gasteiger partial charge >= 0.3 is 0 Å². The van der Waals surface area contributed by atoms with E-state index in [1.54, 1.807) is 0 Å². The van der Waals surface area contributed by atoms with Gasteiger partial charge in [0, 0.05) is 5.92 Å². The van der Waals surface area contributed by atoms with Crippen LogP contribution in [0.5, 0.6) is 0 Å². The molecule has 0 aliphatic heterocycles. The molecular formula is C79H50N2O4. The molecule has 2 aliphatic carbocycles. The Morgan fingerprint density at radius 1 is 0.318 bits per heavy atom. The number of nitrogens with zero attached hydrogens (tertiary/aromatic N) is 2. The topological polar surface area (TPSA) is 78.1 Å². The Morgan fingerprint density at radius 2 is 0.718 bits per heavy atom. The van der Waals surface area contributed by atoms with Crippen molar-refractivity contribution >= 4 is 75.8 Å². The van der Waals surface area contributed by atoms with Gasteiger partial charge in [0.25, 0.3) is 22.2 Å². The van der Waals surface area contributed by atoms with E-state index < -0.39 is 22.2 Å². The molecule has 6 heteroatoms. The second kappa shape index (κ2) is 17.8. The normalized spacial score (nSPS) is 12.8. The minimum absolute atomic E-state index is 0.0861. The number of hydrogen-bond donors (Lipinski definition) is 0. The van der Waals surface area contributed by atoms with E-state index in [-0.39, 0.29) is 27.5 Å². The van der Waals surface area contributed by atoms with Crippen molar-refractivity contribution in [2.75, 3.05) is 0 Å². The van der Waals surface area contributed by atoms with Gasteiger partial charge in [0.2, 0.25) is 0 Å².